The van der Waals surface area contributed by atoms with Gasteiger partial charge in [0.05, 0.1) is 11.4 Å². The summed E-state index contributed by atoms with van der Waals surface area (Å²) in [6, 6.07) is 7.99. The van der Waals surface area contributed by atoms with Crippen LogP contribution in [0.25, 0.3) is 0 Å². The van der Waals surface area contributed by atoms with E-state index < -0.39 is 0 Å². The summed E-state index contributed by atoms with van der Waals surface area (Å²) in [5.41, 5.74) is 1.13. The predicted octanol–water partition coefficient (Wildman–Crippen LogP) is 3.06. The van der Waals surface area contributed by atoms with Crippen LogP contribution >= 0.6 is 24.0 Å². The highest BCUT2D eigenvalue weighted by Crippen LogP contribution is 2.26. The van der Waals surface area contributed by atoms with Gasteiger partial charge < -0.3 is 9.64 Å². The van der Waals surface area contributed by atoms with Gasteiger partial charge >= 0.3 is 0 Å². The van der Waals surface area contributed by atoms with Crippen molar-refractivity contribution in [3.05, 3.63) is 29.8 Å². The standard InChI is InChI=1S/C15H19NO2S2/c1-11-5-3-4-6-13(11)18-10-15-16(7-8-20-15)14(19)9-12(2)17/h3-6,15H,7-10H2,1-2H3. The van der Waals surface area contributed by atoms with Crippen LogP contribution in [0.15, 0.2) is 24.3 Å². The third-order valence-corrected chi connectivity index (χ3v) is 4.76. The van der Waals surface area contributed by atoms with E-state index in [1.807, 2.05) is 43.0 Å². The average molecular weight is 309 g/mol. The maximum atomic E-state index is 11.2. The molecule has 1 saturated heterocycles. The zero-order valence-corrected chi connectivity index (χ0v) is 13.4. The number of para-hydroxylation sites is 1. The van der Waals surface area contributed by atoms with E-state index in [-0.39, 0.29) is 11.2 Å². The molecule has 1 aromatic rings. The Kier molecular flexibility index (Phi) is 5.43. The van der Waals surface area contributed by atoms with E-state index in [1.165, 1.54) is 0 Å². The molecule has 0 bridgehead atoms. The normalized spacial score (nSPS) is 18.1. The van der Waals surface area contributed by atoms with E-state index in [9.17, 15) is 4.79 Å². The van der Waals surface area contributed by atoms with Crippen molar-refractivity contribution in [2.75, 3.05) is 18.9 Å². The number of hydrogen-bond acceptors (Lipinski definition) is 4. The zero-order valence-electron chi connectivity index (χ0n) is 11.8. The van der Waals surface area contributed by atoms with Crippen LogP contribution < -0.4 is 4.74 Å². The van der Waals surface area contributed by atoms with Gasteiger partial charge in [0, 0.05) is 12.3 Å². The number of Topliss-reactive ketones (excluding diaryl/α,β-unsaturated/α-hetero) is 1. The van der Waals surface area contributed by atoms with Crippen molar-refractivity contribution in [3.63, 3.8) is 0 Å². The smallest absolute Gasteiger partial charge is 0.136 e. The molecule has 0 spiro atoms. The van der Waals surface area contributed by atoms with Crippen LogP contribution in [0.1, 0.15) is 18.9 Å². The number of ether oxygens (including phenoxy) is 1. The monoisotopic (exact) mass is 309 g/mol. The number of rotatable bonds is 5. The maximum absolute atomic E-state index is 11.2. The Morgan fingerprint density at radius 2 is 2.25 bits per heavy atom. The molecule has 1 heterocycles. The predicted molar refractivity (Wildman–Crippen MR) is 87.5 cm³/mol. The van der Waals surface area contributed by atoms with Gasteiger partial charge in [0.25, 0.3) is 0 Å². The second-order valence-corrected chi connectivity index (χ2v) is 6.62. The minimum absolute atomic E-state index is 0.116. The zero-order chi connectivity index (χ0) is 14.5. The molecule has 20 heavy (non-hydrogen) atoms. The first-order valence-corrected chi connectivity index (χ1v) is 8.12. The lowest BCUT2D eigenvalue weighted by Gasteiger charge is -2.26. The molecule has 1 fully saturated rings. The van der Waals surface area contributed by atoms with Gasteiger partial charge in [-0.15, -0.1) is 11.8 Å². The van der Waals surface area contributed by atoms with Crippen molar-refractivity contribution >= 4 is 34.8 Å². The van der Waals surface area contributed by atoms with Crippen LogP contribution in [0.2, 0.25) is 0 Å². The fraction of sp³-hybridized carbons (Fsp3) is 0.467. The van der Waals surface area contributed by atoms with Crippen LogP contribution in [0.4, 0.5) is 0 Å². The first-order valence-electron chi connectivity index (χ1n) is 6.67. The summed E-state index contributed by atoms with van der Waals surface area (Å²) in [5, 5.41) is 0.210. The molecule has 2 rings (SSSR count). The Hall–Kier alpha value is -1.07. The largest absolute Gasteiger partial charge is 0.490 e. The Morgan fingerprint density at radius 1 is 1.50 bits per heavy atom. The number of hydrogen-bond donors (Lipinski definition) is 0. The van der Waals surface area contributed by atoms with E-state index in [2.05, 4.69) is 4.90 Å². The number of thiocarbonyl (C=S) groups is 1. The van der Waals surface area contributed by atoms with Crippen molar-refractivity contribution in [1.29, 1.82) is 0 Å². The van der Waals surface area contributed by atoms with Gasteiger partial charge in [-0.3, -0.25) is 4.79 Å². The molecule has 0 N–H and O–H groups in total. The molecule has 0 aliphatic carbocycles. The van der Waals surface area contributed by atoms with Gasteiger partial charge in [-0.25, -0.2) is 0 Å². The number of thioether (sulfide) groups is 1. The second-order valence-electron chi connectivity index (χ2n) is 4.87. The minimum Gasteiger partial charge on any atom is -0.490 e. The van der Waals surface area contributed by atoms with E-state index >= 15 is 0 Å². The van der Waals surface area contributed by atoms with Crippen molar-refractivity contribution in [3.8, 4) is 5.75 Å². The van der Waals surface area contributed by atoms with Crippen molar-refractivity contribution in [1.82, 2.24) is 4.90 Å². The molecule has 5 heteroatoms. The highest BCUT2D eigenvalue weighted by Gasteiger charge is 2.28. The van der Waals surface area contributed by atoms with Gasteiger partial charge in [0.2, 0.25) is 0 Å². The second kappa shape index (κ2) is 7.09. The molecule has 1 atom stereocenters. The third-order valence-electron chi connectivity index (χ3n) is 3.19. The molecule has 1 aromatic carbocycles. The van der Waals surface area contributed by atoms with Crippen molar-refractivity contribution < 1.29 is 9.53 Å². The van der Waals surface area contributed by atoms with Gasteiger partial charge in [-0.1, -0.05) is 30.4 Å². The molecule has 1 unspecified atom stereocenters. The Balaban J connectivity index is 1.93. The lowest BCUT2D eigenvalue weighted by Crippen LogP contribution is -2.37. The first kappa shape index (κ1) is 15.3. The number of nitrogens with zero attached hydrogens (tertiary/aromatic N) is 1. The molecule has 0 aromatic heterocycles. The Morgan fingerprint density at radius 3 is 2.95 bits per heavy atom. The average Bonchev–Trinajstić information content (AvgIpc) is 2.85. The highest BCUT2D eigenvalue weighted by atomic mass is 32.2. The SMILES string of the molecule is CC(=O)CC(=S)N1CCSC1COc1ccccc1C. The summed E-state index contributed by atoms with van der Waals surface area (Å²) >= 11 is 7.19. The summed E-state index contributed by atoms with van der Waals surface area (Å²) < 4.78 is 5.90. The fourth-order valence-electron chi connectivity index (χ4n) is 2.14. The Bertz CT molecular complexity index is 504. The molecule has 0 radical (unpaired) electrons. The Labute approximate surface area is 129 Å². The summed E-state index contributed by atoms with van der Waals surface area (Å²) in [6.45, 7) is 5.11. The van der Waals surface area contributed by atoms with E-state index in [1.54, 1.807) is 6.92 Å². The van der Waals surface area contributed by atoms with Crippen LogP contribution in [0.5, 0.6) is 5.75 Å². The molecule has 1 aliphatic rings. The molecule has 3 nitrogen and oxygen atoms in total. The fourth-order valence-corrected chi connectivity index (χ4v) is 3.78. The number of aryl methyl sites for hydroxylation is 1. The van der Waals surface area contributed by atoms with E-state index in [0.717, 1.165) is 28.6 Å². The third kappa shape index (κ3) is 3.96. The number of ketones is 1. The molecule has 1 aliphatic heterocycles. The summed E-state index contributed by atoms with van der Waals surface area (Å²) in [4.78, 5) is 14.1. The van der Waals surface area contributed by atoms with Gasteiger partial charge in [-0.05, 0) is 25.5 Å². The van der Waals surface area contributed by atoms with Gasteiger partial charge in [-0.2, -0.15) is 0 Å². The van der Waals surface area contributed by atoms with Crippen LogP contribution in [0, 0.1) is 6.92 Å². The minimum atomic E-state index is 0.116. The topological polar surface area (TPSA) is 29.5 Å². The van der Waals surface area contributed by atoms with Crippen LogP contribution in [0.3, 0.4) is 0 Å². The summed E-state index contributed by atoms with van der Waals surface area (Å²) in [6.07, 6.45) is 0.358. The van der Waals surface area contributed by atoms with E-state index in [4.69, 9.17) is 17.0 Å². The van der Waals surface area contributed by atoms with E-state index in [0.29, 0.717) is 13.0 Å². The molecule has 0 saturated carbocycles. The molecule has 108 valence electrons. The molecular weight excluding hydrogens is 290 g/mol. The van der Waals surface area contributed by atoms with Crippen molar-refractivity contribution in [2.24, 2.45) is 0 Å². The molecule has 0 amide bonds. The van der Waals surface area contributed by atoms with Crippen LogP contribution in [-0.2, 0) is 4.79 Å². The lowest BCUT2D eigenvalue weighted by molar-refractivity contribution is -0.115. The van der Waals surface area contributed by atoms with Crippen molar-refractivity contribution in [2.45, 2.75) is 25.6 Å². The molecular formula is C15H19NO2S2. The number of carbonyl (C=O) groups is 1. The van der Waals surface area contributed by atoms with Gasteiger partial charge in [0.1, 0.15) is 23.5 Å². The first-order chi connectivity index (χ1) is 9.58. The maximum Gasteiger partial charge on any atom is 0.136 e. The summed E-state index contributed by atoms with van der Waals surface area (Å²) in [7, 11) is 0. The summed E-state index contributed by atoms with van der Waals surface area (Å²) in [5.74, 6) is 2.06. The van der Waals surface area contributed by atoms with Crippen LogP contribution in [-0.4, -0.2) is 40.0 Å². The lowest BCUT2D eigenvalue weighted by atomic mass is 10.2. The number of benzene rings is 1. The van der Waals surface area contributed by atoms with Gasteiger partial charge in [0.15, 0.2) is 0 Å². The quantitative estimate of drug-likeness (QED) is 0.780. The number of carbonyl (C=O) groups excluding carboxylic acids is 1. The highest BCUT2D eigenvalue weighted by molar-refractivity contribution is 8.00.